The fraction of sp³-hybridized carbons (Fsp3) is 0.588. The molecule has 1 aromatic rings. The van der Waals surface area contributed by atoms with Crippen LogP contribution in [0.25, 0.3) is 0 Å². The number of hydrogen-bond donors (Lipinski definition) is 1. The van der Waals surface area contributed by atoms with Gasteiger partial charge in [-0.15, -0.1) is 0 Å². The number of amides is 1. The topological polar surface area (TPSA) is 43.8 Å². The van der Waals surface area contributed by atoms with E-state index >= 15 is 0 Å². The Kier molecular flexibility index (Phi) is 5.91. The quantitative estimate of drug-likeness (QED) is 0.903. The lowest BCUT2D eigenvalue weighted by Crippen LogP contribution is -2.43. The summed E-state index contributed by atoms with van der Waals surface area (Å²) in [6.07, 6.45) is 1.61. The first kappa shape index (κ1) is 16.9. The van der Waals surface area contributed by atoms with Crippen LogP contribution in [-0.4, -0.2) is 53.6 Å². The molecular weight excluding hydrogens is 283 g/mol. The van der Waals surface area contributed by atoms with Gasteiger partial charge in [-0.3, -0.25) is 9.69 Å². The number of aliphatic hydroxyl groups excluding tert-OH is 1. The van der Waals surface area contributed by atoms with Crippen LogP contribution in [0.5, 0.6) is 0 Å². The fourth-order valence-electron chi connectivity index (χ4n) is 2.86. The van der Waals surface area contributed by atoms with Crippen LogP contribution in [0.3, 0.4) is 0 Å². The molecule has 1 amide bonds. The van der Waals surface area contributed by atoms with Crippen molar-refractivity contribution >= 4 is 5.91 Å². The summed E-state index contributed by atoms with van der Waals surface area (Å²) >= 11 is 0. The Bertz CT molecular complexity index is 482. The lowest BCUT2D eigenvalue weighted by molar-refractivity contribution is -0.132. The molecule has 1 aromatic carbocycles. The fourth-order valence-corrected chi connectivity index (χ4v) is 2.86. The van der Waals surface area contributed by atoms with Crippen molar-refractivity contribution in [2.45, 2.75) is 32.4 Å². The lowest BCUT2D eigenvalue weighted by atomic mass is 9.92. The molecule has 0 aromatic heterocycles. The molecule has 1 atom stereocenters. The van der Waals surface area contributed by atoms with E-state index in [1.165, 1.54) is 12.1 Å². The van der Waals surface area contributed by atoms with E-state index in [1.54, 1.807) is 24.1 Å². The standard InChI is InChI=1S/C17H25FN2O2/c1-13(21)15-7-9-20(10-8-15)12-17(22)19(2)11-14-3-5-16(18)6-4-14/h3-6,13,15,21H,7-12H2,1-2H3. The van der Waals surface area contributed by atoms with Gasteiger partial charge >= 0.3 is 0 Å². The molecule has 1 aliphatic rings. The van der Waals surface area contributed by atoms with Crippen LogP contribution >= 0.6 is 0 Å². The molecule has 0 aliphatic carbocycles. The number of halogens is 1. The summed E-state index contributed by atoms with van der Waals surface area (Å²) in [4.78, 5) is 16.1. The van der Waals surface area contributed by atoms with E-state index < -0.39 is 0 Å². The summed E-state index contributed by atoms with van der Waals surface area (Å²) in [5, 5.41) is 9.60. The van der Waals surface area contributed by atoms with Crippen LogP contribution in [0.2, 0.25) is 0 Å². The maximum absolute atomic E-state index is 12.9. The van der Waals surface area contributed by atoms with E-state index in [9.17, 15) is 14.3 Å². The second kappa shape index (κ2) is 7.70. The maximum atomic E-state index is 12.9. The van der Waals surface area contributed by atoms with Crippen molar-refractivity contribution in [1.82, 2.24) is 9.80 Å². The molecule has 1 aliphatic heterocycles. The van der Waals surface area contributed by atoms with E-state index in [4.69, 9.17) is 0 Å². The molecule has 122 valence electrons. The Morgan fingerprint density at radius 1 is 1.36 bits per heavy atom. The zero-order chi connectivity index (χ0) is 16.1. The summed E-state index contributed by atoms with van der Waals surface area (Å²) in [5.41, 5.74) is 0.921. The maximum Gasteiger partial charge on any atom is 0.236 e. The molecular formula is C17H25FN2O2. The third kappa shape index (κ3) is 4.78. The van der Waals surface area contributed by atoms with Gasteiger partial charge in [-0.25, -0.2) is 4.39 Å². The number of carbonyl (C=O) groups excluding carboxylic acids is 1. The van der Waals surface area contributed by atoms with Gasteiger partial charge in [-0.2, -0.15) is 0 Å². The van der Waals surface area contributed by atoms with E-state index in [2.05, 4.69) is 4.90 Å². The third-order valence-corrected chi connectivity index (χ3v) is 4.43. The molecule has 1 heterocycles. The Balaban J connectivity index is 1.78. The smallest absolute Gasteiger partial charge is 0.236 e. The predicted octanol–water partition coefficient (Wildman–Crippen LogP) is 1.88. The van der Waals surface area contributed by atoms with Crippen molar-refractivity contribution < 1.29 is 14.3 Å². The van der Waals surface area contributed by atoms with Crippen molar-refractivity contribution in [2.24, 2.45) is 5.92 Å². The van der Waals surface area contributed by atoms with Crippen LogP contribution < -0.4 is 0 Å². The highest BCUT2D eigenvalue weighted by Crippen LogP contribution is 2.20. The average Bonchev–Trinajstić information content (AvgIpc) is 2.50. The Labute approximate surface area is 131 Å². The van der Waals surface area contributed by atoms with E-state index in [1.807, 2.05) is 6.92 Å². The largest absolute Gasteiger partial charge is 0.393 e. The van der Waals surface area contributed by atoms with Gasteiger partial charge in [0.2, 0.25) is 5.91 Å². The first-order chi connectivity index (χ1) is 10.5. The number of benzene rings is 1. The second-order valence-electron chi connectivity index (χ2n) is 6.23. The van der Waals surface area contributed by atoms with Gasteiger partial charge in [0.25, 0.3) is 0 Å². The highest BCUT2D eigenvalue weighted by molar-refractivity contribution is 5.78. The van der Waals surface area contributed by atoms with E-state index in [0.29, 0.717) is 19.0 Å². The highest BCUT2D eigenvalue weighted by Gasteiger charge is 2.24. The molecule has 0 spiro atoms. The monoisotopic (exact) mass is 308 g/mol. The van der Waals surface area contributed by atoms with Gasteiger partial charge in [0.15, 0.2) is 0 Å². The Morgan fingerprint density at radius 3 is 2.50 bits per heavy atom. The zero-order valence-corrected chi connectivity index (χ0v) is 13.3. The van der Waals surface area contributed by atoms with Crippen molar-refractivity contribution in [3.05, 3.63) is 35.6 Å². The van der Waals surface area contributed by atoms with Crippen molar-refractivity contribution in [2.75, 3.05) is 26.7 Å². The molecule has 22 heavy (non-hydrogen) atoms. The molecule has 1 saturated heterocycles. The van der Waals surface area contributed by atoms with Gasteiger partial charge in [0.1, 0.15) is 5.82 Å². The van der Waals surface area contributed by atoms with Gasteiger partial charge in [0.05, 0.1) is 12.6 Å². The minimum atomic E-state index is -0.265. The normalized spacial score (nSPS) is 18.2. The van der Waals surface area contributed by atoms with Crippen LogP contribution in [0.1, 0.15) is 25.3 Å². The number of likely N-dealkylation sites (tertiary alicyclic amines) is 1. The first-order valence-electron chi connectivity index (χ1n) is 7.84. The Morgan fingerprint density at radius 2 is 1.95 bits per heavy atom. The number of rotatable bonds is 5. The SMILES string of the molecule is CC(O)C1CCN(CC(=O)N(C)Cc2ccc(F)cc2)CC1. The van der Waals surface area contributed by atoms with Crippen molar-refractivity contribution in [3.8, 4) is 0 Å². The summed E-state index contributed by atoms with van der Waals surface area (Å²) in [5.74, 6) is 0.154. The molecule has 1 fully saturated rings. The Hall–Kier alpha value is -1.46. The molecule has 5 heteroatoms. The summed E-state index contributed by atoms with van der Waals surface area (Å²) in [6.45, 7) is 4.44. The number of nitrogens with zero attached hydrogens (tertiary/aromatic N) is 2. The van der Waals surface area contributed by atoms with Crippen LogP contribution in [0.15, 0.2) is 24.3 Å². The molecule has 2 rings (SSSR count). The highest BCUT2D eigenvalue weighted by atomic mass is 19.1. The van der Waals surface area contributed by atoms with Gasteiger partial charge in [-0.05, 0) is 56.5 Å². The molecule has 1 N–H and O–H groups in total. The van der Waals surface area contributed by atoms with Crippen LogP contribution in [0, 0.1) is 11.7 Å². The number of carbonyl (C=O) groups is 1. The number of piperidine rings is 1. The van der Waals surface area contributed by atoms with E-state index in [-0.39, 0.29) is 17.8 Å². The summed E-state index contributed by atoms with van der Waals surface area (Å²) in [6, 6.07) is 6.23. The first-order valence-corrected chi connectivity index (χ1v) is 7.84. The van der Waals surface area contributed by atoms with E-state index in [0.717, 1.165) is 31.5 Å². The molecule has 4 nitrogen and oxygen atoms in total. The lowest BCUT2D eigenvalue weighted by Gasteiger charge is -2.33. The molecule has 0 bridgehead atoms. The number of hydrogen-bond acceptors (Lipinski definition) is 3. The van der Waals surface area contributed by atoms with Crippen molar-refractivity contribution in [3.63, 3.8) is 0 Å². The molecule has 1 unspecified atom stereocenters. The van der Waals surface area contributed by atoms with Gasteiger partial charge in [-0.1, -0.05) is 12.1 Å². The molecule has 0 radical (unpaired) electrons. The average molecular weight is 308 g/mol. The van der Waals surface area contributed by atoms with Crippen LogP contribution in [0.4, 0.5) is 4.39 Å². The number of aliphatic hydroxyl groups is 1. The van der Waals surface area contributed by atoms with Crippen LogP contribution in [-0.2, 0) is 11.3 Å². The minimum Gasteiger partial charge on any atom is -0.393 e. The minimum absolute atomic E-state index is 0.0693. The van der Waals surface area contributed by atoms with Crippen molar-refractivity contribution in [1.29, 1.82) is 0 Å². The zero-order valence-electron chi connectivity index (χ0n) is 13.3. The summed E-state index contributed by atoms with van der Waals surface area (Å²) < 4.78 is 12.9. The predicted molar refractivity (Wildman–Crippen MR) is 83.7 cm³/mol. The van der Waals surface area contributed by atoms with Gasteiger partial charge < -0.3 is 10.0 Å². The third-order valence-electron chi connectivity index (χ3n) is 4.43. The summed E-state index contributed by atoms with van der Waals surface area (Å²) in [7, 11) is 1.77. The second-order valence-corrected chi connectivity index (χ2v) is 6.23. The molecule has 0 saturated carbocycles. The number of likely N-dealkylation sites (N-methyl/N-ethyl adjacent to an activating group) is 1. The van der Waals surface area contributed by atoms with Gasteiger partial charge in [0, 0.05) is 13.6 Å².